The molecule has 0 atom stereocenters. The monoisotopic (exact) mass is 318 g/mol. The smallest absolute Gasteiger partial charge is 0.387 e. The van der Waals surface area contributed by atoms with Crippen LogP contribution in [-0.2, 0) is 11.2 Å². The summed E-state index contributed by atoms with van der Waals surface area (Å²) in [6.07, 6.45) is 0.897. The third-order valence-electron chi connectivity index (χ3n) is 3.70. The molecular weight excluding hydrogens is 302 g/mol. The molecule has 0 aromatic heterocycles. The van der Waals surface area contributed by atoms with Crippen molar-refractivity contribution < 1.29 is 18.3 Å². The zero-order valence-electron chi connectivity index (χ0n) is 12.3. The van der Waals surface area contributed by atoms with Crippen molar-refractivity contribution in [2.75, 3.05) is 23.3 Å². The highest BCUT2D eigenvalue weighted by atomic mass is 19.3. The average molecular weight is 318 g/mol. The number of hydrogen-bond donors (Lipinski definition) is 1. The van der Waals surface area contributed by atoms with Gasteiger partial charge in [0.2, 0.25) is 5.91 Å². The number of alkyl halides is 2. The molecule has 0 aliphatic carbocycles. The van der Waals surface area contributed by atoms with Crippen LogP contribution >= 0.6 is 0 Å². The van der Waals surface area contributed by atoms with Crippen LogP contribution in [0.2, 0.25) is 0 Å². The molecule has 2 aromatic carbocycles. The van der Waals surface area contributed by atoms with Gasteiger partial charge >= 0.3 is 6.61 Å². The van der Waals surface area contributed by atoms with E-state index in [0.717, 1.165) is 18.7 Å². The number of para-hydroxylation sites is 3. The number of rotatable bonds is 5. The van der Waals surface area contributed by atoms with E-state index in [1.54, 1.807) is 12.1 Å². The molecule has 3 rings (SSSR count). The molecule has 1 heterocycles. The van der Waals surface area contributed by atoms with Crippen LogP contribution < -0.4 is 15.0 Å². The molecular formula is C17H16F2N2O2. The number of benzene rings is 2. The number of halogens is 2. The van der Waals surface area contributed by atoms with Gasteiger partial charge in [0, 0.05) is 12.2 Å². The maximum Gasteiger partial charge on any atom is 0.387 e. The summed E-state index contributed by atoms with van der Waals surface area (Å²) in [4.78, 5) is 14.2. The molecule has 1 aliphatic heterocycles. The van der Waals surface area contributed by atoms with Crippen LogP contribution in [0.4, 0.5) is 20.2 Å². The van der Waals surface area contributed by atoms with Crippen molar-refractivity contribution in [1.29, 1.82) is 0 Å². The Morgan fingerprint density at radius 1 is 1.17 bits per heavy atom. The highest BCUT2D eigenvalue weighted by molar-refractivity contribution is 5.95. The predicted molar refractivity (Wildman–Crippen MR) is 84.1 cm³/mol. The highest BCUT2D eigenvalue weighted by Gasteiger charge is 2.21. The lowest BCUT2D eigenvalue weighted by Crippen LogP contribution is -2.32. The molecule has 0 spiro atoms. The molecule has 23 heavy (non-hydrogen) atoms. The van der Waals surface area contributed by atoms with Gasteiger partial charge in [-0.05, 0) is 30.2 Å². The minimum atomic E-state index is -2.93. The summed E-state index contributed by atoms with van der Waals surface area (Å²) in [6.45, 7) is -2.00. The van der Waals surface area contributed by atoms with Gasteiger partial charge in [0.05, 0.1) is 12.2 Å². The Morgan fingerprint density at radius 3 is 2.74 bits per heavy atom. The molecule has 0 saturated carbocycles. The molecule has 2 aromatic rings. The Kier molecular flexibility index (Phi) is 4.41. The number of fused-ring (bicyclic) bond motifs is 1. The van der Waals surface area contributed by atoms with Crippen LogP contribution in [0.1, 0.15) is 5.56 Å². The van der Waals surface area contributed by atoms with Crippen molar-refractivity contribution in [1.82, 2.24) is 0 Å². The van der Waals surface area contributed by atoms with Crippen molar-refractivity contribution in [3.05, 3.63) is 54.1 Å². The Hall–Kier alpha value is -2.63. The van der Waals surface area contributed by atoms with Gasteiger partial charge in [-0.1, -0.05) is 30.3 Å². The van der Waals surface area contributed by atoms with Crippen LogP contribution in [0.3, 0.4) is 0 Å². The fraction of sp³-hybridized carbons (Fsp3) is 0.235. The first-order valence-electron chi connectivity index (χ1n) is 7.30. The molecule has 1 N–H and O–H groups in total. The summed E-state index contributed by atoms with van der Waals surface area (Å²) < 4.78 is 29.2. The largest absolute Gasteiger partial charge is 0.433 e. The van der Waals surface area contributed by atoms with Crippen LogP contribution in [0.25, 0.3) is 0 Å². The van der Waals surface area contributed by atoms with Gasteiger partial charge < -0.3 is 15.0 Å². The minimum absolute atomic E-state index is 0.0438. The van der Waals surface area contributed by atoms with Gasteiger partial charge in [-0.15, -0.1) is 0 Å². The first-order valence-corrected chi connectivity index (χ1v) is 7.30. The maximum atomic E-state index is 12.4. The lowest BCUT2D eigenvalue weighted by Gasteiger charge is -2.19. The molecule has 4 nitrogen and oxygen atoms in total. The molecule has 0 unspecified atom stereocenters. The van der Waals surface area contributed by atoms with Gasteiger partial charge in [-0.3, -0.25) is 4.79 Å². The molecule has 1 aliphatic rings. The lowest BCUT2D eigenvalue weighted by atomic mass is 10.2. The second-order valence-electron chi connectivity index (χ2n) is 5.22. The molecule has 0 bridgehead atoms. The SMILES string of the molecule is O=C(CN1CCc2ccccc21)Nc1ccccc1OC(F)F. The summed E-state index contributed by atoms with van der Waals surface area (Å²) in [7, 11) is 0. The molecule has 1 amide bonds. The third kappa shape index (κ3) is 3.59. The van der Waals surface area contributed by atoms with E-state index in [-0.39, 0.29) is 23.9 Å². The van der Waals surface area contributed by atoms with Crippen LogP contribution in [0.5, 0.6) is 5.75 Å². The fourth-order valence-corrected chi connectivity index (χ4v) is 2.70. The zero-order chi connectivity index (χ0) is 16.2. The Balaban J connectivity index is 1.67. The first-order chi connectivity index (χ1) is 11.1. The van der Waals surface area contributed by atoms with Crippen molar-refractivity contribution in [3.8, 4) is 5.75 Å². The number of amides is 1. The molecule has 6 heteroatoms. The van der Waals surface area contributed by atoms with Gasteiger partial charge in [0.15, 0.2) is 0 Å². The molecule has 120 valence electrons. The number of nitrogens with zero attached hydrogens (tertiary/aromatic N) is 1. The summed E-state index contributed by atoms with van der Waals surface area (Å²) in [5.74, 6) is -0.315. The van der Waals surface area contributed by atoms with E-state index >= 15 is 0 Å². The second kappa shape index (κ2) is 6.64. The number of carbonyl (C=O) groups excluding carboxylic acids is 1. The van der Waals surface area contributed by atoms with Gasteiger partial charge in [-0.25, -0.2) is 0 Å². The minimum Gasteiger partial charge on any atom is -0.433 e. The van der Waals surface area contributed by atoms with E-state index in [9.17, 15) is 13.6 Å². The van der Waals surface area contributed by atoms with E-state index in [1.807, 2.05) is 29.2 Å². The van der Waals surface area contributed by atoms with Crippen molar-refractivity contribution >= 4 is 17.3 Å². The summed E-state index contributed by atoms with van der Waals surface area (Å²) in [6, 6.07) is 14.1. The van der Waals surface area contributed by atoms with E-state index < -0.39 is 6.61 Å². The zero-order valence-corrected chi connectivity index (χ0v) is 12.3. The van der Waals surface area contributed by atoms with Crippen molar-refractivity contribution in [2.45, 2.75) is 13.0 Å². The van der Waals surface area contributed by atoms with Crippen molar-refractivity contribution in [3.63, 3.8) is 0 Å². The Morgan fingerprint density at radius 2 is 1.91 bits per heavy atom. The summed E-state index contributed by atoms with van der Waals surface area (Å²) >= 11 is 0. The van der Waals surface area contributed by atoms with Crippen LogP contribution in [0.15, 0.2) is 48.5 Å². The van der Waals surface area contributed by atoms with Gasteiger partial charge in [0.25, 0.3) is 0 Å². The predicted octanol–water partition coefficient (Wildman–Crippen LogP) is 3.29. The van der Waals surface area contributed by atoms with E-state index in [1.165, 1.54) is 17.7 Å². The maximum absolute atomic E-state index is 12.4. The standard InChI is InChI=1S/C17H16F2N2O2/c18-17(19)23-15-8-4-2-6-13(15)20-16(22)11-21-10-9-12-5-1-3-7-14(12)21/h1-8,17H,9-11H2,(H,20,22). The van der Waals surface area contributed by atoms with E-state index in [0.29, 0.717) is 0 Å². The number of anilines is 2. The second-order valence-corrected chi connectivity index (χ2v) is 5.22. The molecule has 0 saturated heterocycles. The molecule has 0 fully saturated rings. The van der Waals surface area contributed by atoms with Crippen LogP contribution in [-0.4, -0.2) is 25.6 Å². The Bertz CT molecular complexity index is 706. The molecule has 0 radical (unpaired) electrons. The highest BCUT2D eigenvalue weighted by Crippen LogP contribution is 2.28. The van der Waals surface area contributed by atoms with Gasteiger partial charge in [-0.2, -0.15) is 8.78 Å². The third-order valence-corrected chi connectivity index (χ3v) is 3.70. The topological polar surface area (TPSA) is 41.6 Å². The fourth-order valence-electron chi connectivity index (χ4n) is 2.70. The van der Waals surface area contributed by atoms with Crippen molar-refractivity contribution in [2.24, 2.45) is 0 Å². The normalized spacial score (nSPS) is 13.1. The summed E-state index contributed by atoms with van der Waals surface area (Å²) in [5.41, 5.74) is 2.49. The number of ether oxygens (including phenoxy) is 1. The summed E-state index contributed by atoms with van der Waals surface area (Å²) in [5, 5.41) is 2.63. The average Bonchev–Trinajstić information content (AvgIpc) is 2.92. The number of carbonyl (C=O) groups is 1. The lowest BCUT2D eigenvalue weighted by molar-refractivity contribution is -0.115. The van der Waals surface area contributed by atoms with E-state index in [2.05, 4.69) is 10.1 Å². The number of nitrogens with one attached hydrogen (secondary N) is 1. The van der Waals surface area contributed by atoms with E-state index in [4.69, 9.17) is 0 Å². The quantitative estimate of drug-likeness (QED) is 0.920. The van der Waals surface area contributed by atoms with Gasteiger partial charge in [0.1, 0.15) is 5.75 Å². The first kappa shape index (κ1) is 15.3. The Labute approximate surface area is 132 Å². The number of hydrogen-bond acceptors (Lipinski definition) is 3. The van der Waals surface area contributed by atoms with Crippen LogP contribution in [0, 0.1) is 0 Å².